The van der Waals surface area contributed by atoms with E-state index in [2.05, 4.69) is 48.3 Å². The molecule has 2 aliphatic heterocycles. The van der Waals surface area contributed by atoms with Crippen LogP contribution in [0.1, 0.15) is 31.7 Å². The zero-order chi connectivity index (χ0) is 32.5. The fraction of sp³-hybridized carbons (Fsp3) is 0.515. The van der Waals surface area contributed by atoms with E-state index in [1.807, 2.05) is 18.2 Å². The van der Waals surface area contributed by atoms with E-state index in [0.717, 1.165) is 88.4 Å². The number of anilines is 1. The van der Waals surface area contributed by atoms with Gasteiger partial charge in [-0.2, -0.15) is 0 Å². The number of nitrogens with zero attached hydrogens (tertiary/aromatic N) is 6. The lowest BCUT2D eigenvalue weighted by atomic mass is 9.96. The molecule has 0 bridgehead atoms. The van der Waals surface area contributed by atoms with Gasteiger partial charge in [0, 0.05) is 81.6 Å². The van der Waals surface area contributed by atoms with Crippen molar-refractivity contribution in [2.45, 2.75) is 38.8 Å². The number of ether oxygens (including phenoxy) is 2. The van der Waals surface area contributed by atoms with E-state index in [1.54, 1.807) is 32.6 Å². The lowest BCUT2D eigenvalue weighted by Gasteiger charge is -2.35. The van der Waals surface area contributed by atoms with Crippen molar-refractivity contribution in [1.82, 2.24) is 35.4 Å². The average molecular weight is 672 g/mol. The number of aromatic nitrogens is 3. The van der Waals surface area contributed by atoms with Crippen LogP contribution in [0.5, 0.6) is 11.6 Å². The first-order chi connectivity index (χ1) is 22.3. The first-order valence-corrected chi connectivity index (χ1v) is 16.7. The number of carbonyl (C=O) groups excluding carboxylic acids is 1. The number of hydrogen-bond acceptors (Lipinski definition) is 9. The maximum atomic E-state index is 11.6. The maximum Gasteiger partial charge on any atom is 0.314 e. The van der Waals surface area contributed by atoms with Gasteiger partial charge in [0.1, 0.15) is 0 Å². The van der Waals surface area contributed by atoms with Gasteiger partial charge in [-0.15, -0.1) is 0 Å². The molecule has 1 unspecified atom stereocenters. The molecule has 3 aromatic rings. The van der Waals surface area contributed by atoms with Crippen molar-refractivity contribution in [3.8, 4) is 22.9 Å². The monoisotopic (exact) mass is 670 g/mol. The maximum absolute atomic E-state index is 11.6. The van der Waals surface area contributed by atoms with Gasteiger partial charge in [0.2, 0.25) is 11.8 Å². The van der Waals surface area contributed by atoms with Crippen LogP contribution < -0.4 is 20.3 Å². The molecule has 13 heteroatoms. The van der Waals surface area contributed by atoms with Crippen molar-refractivity contribution in [1.29, 1.82) is 0 Å². The third kappa shape index (κ3) is 9.89. The summed E-state index contributed by atoms with van der Waals surface area (Å²) in [5.41, 5.74) is 2.59. The molecule has 2 fully saturated rings. The van der Waals surface area contributed by atoms with E-state index in [4.69, 9.17) is 37.7 Å². The Hall–Kier alpha value is -3.22. The second-order valence-electron chi connectivity index (χ2n) is 12.0. The van der Waals surface area contributed by atoms with Gasteiger partial charge in [-0.1, -0.05) is 23.2 Å². The third-order valence-electron chi connectivity index (χ3n) is 8.66. The lowest BCUT2D eigenvalue weighted by Crippen LogP contribution is -2.47. The first-order valence-electron chi connectivity index (χ1n) is 15.9. The molecule has 4 heterocycles. The minimum absolute atomic E-state index is 0.137. The molecule has 2 aromatic heterocycles. The third-order valence-corrected chi connectivity index (χ3v) is 9.09. The molecule has 2 saturated heterocycles. The van der Waals surface area contributed by atoms with Crippen LogP contribution >= 0.6 is 23.2 Å². The van der Waals surface area contributed by atoms with Gasteiger partial charge in [-0.3, -0.25) is 9.80 Å². The van der Waals surface area contributed by atoms with E-state index in [0.29, 0.717) is 40.1 Å². The number of piperidine rings is 1. The second-order valence-corrected chi connectivity index (χ2v) is 12.9. The summed E-state index contributed by atoms with van der Waals surface area (Å²) >= 11 is 12.7. The molecule has 0 aliphatic carbocycles. The highest BCUT2D eigenvalue weighted by atomic mass is 35.5. The molecule has 0 saturated carbocycles. The summed E-state index contributed by atoms with van der Waals surface area (Å²) in [5, 5.41) is 6.63. The Morgan fingerprint density at radius 3 is 2.33 bits per heavy atom. The summed E-state index contributed by atoms with van der Waals surface area (Å²) in [5.74, 6) is 2.12. The number of methoxy groups -OCH3 is 1. The van der Waals surface area contributed by atoms with Crippen molar-refractivity contribution < 1.29 is 14.3 Å². The van der Waals surface area contributed by atoms with Crippen LogP contribution in [0.3, 0.4) is 0 Å². The number of hydrogen-bond donors (Lipinski definition) is 2. The molecule has 2 N–H and O–H groups in total. The summed E-state index contributed by atoms with van der Waals surface area (Å²) in [6, 6.07) is 9.30. The highest BCUT2D eigenvalue weighted by Gasteiger charge is 2.22. The van der Waals surface area contributed by atoms with E-state index in [-0.39, 0.29) is 12.1 Å². The molecule has 11 nitrogen and oxygen atoms in total. The topological polar surface area (TPSA) is 108 Å². The Balaban J connectivity index is 1.24. The summed E-state index contributed by atoms with van der Waals surface area (Å²) in [6.07, 6.45) is 6.73. The van der Waals surface area contributed by atoms with E-state index in [9.17, 15) is 4.79 Å². The van der Waals surface area contributed by atoms with Crippen LogP contribution in [-0.4, -0.2) is 103 Å². The van der Waals surface area contributed by atoms with Crippen LogP contribution in [0.25, 0.3) is 11.3 Å². The number of rotatable bonds is 12. The Labute approximate surface area is 281 Å². The number of likely N-dealkylation sites (tertiary alicyclic amines) is 1. The van der Waals surface area contributed by atoms with Gasteiger partial charge in [-0.05, 0) is 75.0 Å². The van der Waals surface area contributed by atoms with Gasteiger partial charge in [0.15, 0.2) is 5.75 Å². The largest absolute Gasteiger partial charge is 0.436 e. The number of piperazine rings is 1. The first kappa shape index (κ1) is 34.1. The Morgan fingerprint density at radius 2 is 1.67 bits per heavy atom. The van der Waals surface area contributed by atoms with Gasteiger partial charge in [-0.25, -0.2) is 19.7 Å². The van der Waals surface area contributed by atoms with Gasteiger partial charge in [0.25, 0.3) is 0 Å². The number of halogens is 2. The van der Waals surface area contributed by atoms with Crippen LogP contribution in [0.2, 0.25) is 10.0 Å². The summed E-state index contributed by atoms with van der Waals surface area (Å²) in [6.45, 7) is 10.1. The normalized spacial score (nSPS) is 17.1. The number of nitrogens with one attached hydrogen (secondary N) is 2. The van der Waals surface area contributed by atoms with Crippen molar-refractivity contribution in [3.05, 3.63) is 58.3 Å². The number of urea groups is 1. The Bertz CT molecular complexity index is 1410. The fourth-order valence-electron chi connectivity index (χ4n) is 5.78. The second kappa shape index (κ2) is 16.6. The van der Waals surface area contributed by atoms with Crippen LogP contribution in [-0.2, 0) is 11.3 Å². The molecule has 0 spiro atoms. The summed E-state index contributed by atoms with van der Waals surface area (Å²) in [4.78, 5) is 32.7. The average Bonchev–Trinajstić information content (AvgIpc) is 3.06. The van der Waals surface area contributed by atoms with Gasteiger partial charge >= 0.3 is 6.03 Å². The minimum Gasteiger partial charge on any atom is -0.436 e. The highest BCUT2D eigenvalue weighted by molar-refractivity contribution is 6.35. The molecule has 1 atom stereocenters. The van der Waals surface area contributed by atoms with Crippen molar-refractivity contribution >= 4 is 35.2 Å². The van der Waals surface area contributed by atoms with E-state index in [1.165, 1.54) is 0 Å². The predicted octanol–water partition coefficient (Wildman–Crippen LogP) is 5.33. The molecule has 2 amide bonds. The fourth-order valence-corrected chi connectivity index (χ4v) is 6.31. The molecular weight excluding hydrogens is 627 g/mol. The van der Waals surface area contributed by atoms with Gasteiger partial charge < -0.3 is 25.0 Å². The molecular formula is C33H44Cl2N8O3. The number of amides is 2. The van der Waals surface area contributed by atoms with Crippen LogP contribution in [0.15, 0.2) is 42.7 Å². The zero-order valence-corrected chi connectivity index (χ0v) is 28.4. The van der Waals surface area contributed by atoms with E-state index >= 15 is 0 Å². The van der Waals surface area contributed by atoms with Crippen LogP contribution in [0, 0.1) is 5.92 Å². The summed E-state index contributed by atoms with van der Waals surface area (Å²) < 4.78 is 11.6. The SMILES string of the molecule is CNC(=O)NCC1CCN(Cc2cc(Oc3cnc(N4CCN(CCC(C)OC)CC4)nc3)nc(-c3cc(Cl)cc(Cl)c3)c2)CC1. The number of benzene rings is 1. The van der Waals surface area contributed by atoms with Crippen molar-refractivity contribution in [2.75, 3.05) is 71.4 Å². The minimum atomic E-state index is -0.137. The van der Waals surface area contributed by atoms with Crippen LogP contribution in [0.4, 0.5) is 10.7 Å². The van der Waals surface area contributed by atoms with E-state index < -0.39 is 0 Å². The molecule has 46 heavy (non-hydrogen) atoms. The standard InChI is InChI=1S/C33H44Cl2N8O3/c1-23(45-3)4-7-41-10-12-43(13-11-41)32-37-20-29(21-38-32)46-31-15-25(14-30(40-31)26-16-27(34)18-28(35)17-26)22-42-8-5-24(6-9-42)19-39-33(44)36-2/h14-18,20-21,23-24H,4-13,19,22H2,1-3H3,(H2,36,39,44). The molecule has 1 aromatic carbocycles. The summed E-state index contributed by atoms with van der Waals surface area (Å²) in [7, 11) is 3.39. The number of carbonyl (C=O) groups is 1. The Kier molecular flexibility index (Phi) is 12.3. The number of pyridine rings is 1. The molecule has 0 radical (unpaired) electrons. The zero-order valence-electron chi connectivity index (χ0n) is 26.8. The molecule has 2 aliphatic rings. The lowest BCUT2D eigenvalue weighted by molar-refractivity contribution is 0.0962. The highest BCUT2D eigenvalue weighted by Crippen LogP contribution is 2.31. The van der Waals surface area contributed by atoms with Crippen molar-refractivity contribution in [3.63, 3.8) is 0 Å². The Morgan fingerprint density at radius 1 is 0.978 bits per heavy atom. The smallest absolute Gasteiger partial charge is 0.314 e. The van der Waals surface area contributed by atoms with Gasteiger partial charge in [0.05, 0.1) is 24.2 Å². The quantitative estimate of drug-likeness (QED) is 0.265. The predicted molar refractivity (Wildman–Crippen MR) is 182 cm³/mol. The van der Waals surface area contributed by atoms with Crippen molar-refractivity contribution in [2.24, 2.45) is 5.92 Å². The molecule has 5 rings (SSSR count). The molecule has 248 valence electrons.